The maximum absolute atomic E-state index is 13.3. The van der Waals surface area contributed by atoms with Gasteiger partial charge in [-0.15, -0.1) is 0 Å². The first-order valence-electron chi connectivity index (χ1n) is 12.0. The molecule has 0 spiro atoms. The highest BCUT2D eigenvalue weighted by molar-refractivity contribution is 7.89. The van der Waals surface area contributed by atoms with Crippen LogP contribution in [0.2, 0.25) is 5.02 Å². The van der Waals surface area contributed by atoms with Crippen LogP contribution in [0.15, 0.2) is 77.7 Å². The Kier molecular flexibility index (Phi) is 6.68. The fourth-order valence-corrected chi connectivity index (χ4v) is 6.78. The van der Waals surface area contributed by atoms with Gasteiger partial charge in [0.15, 0.2) is 0 Å². The number of aryl methyl sites for hydroxylation is 1. The van der Waals surface area contributed by atoms with Gasteiger partial charge in [0, 0.05) is 41.8 Å². The van der Waals surface area contributed by atoms with Crippen LogP contribution in [0.25, 0.3) is 16.5 Å². The normalized spacial score (nSPS) is 14.7. The molecule has 0 aliphatic carbocycles. The summed E-state index contributed by atoms with van der Waals surface area (Å²) in [5, 5.41) is 1.48. The highest BCUT2D eigenvalue weighted by Crippen LogP contribution is 2.36. The van der Waals surface area contributed by atoms with E-state index < -0.39 is 10.0 Å². The van der Waals surface area contributed by atoms with Crippen molar-refractivity contribution in [3.05, 3.63) is 100 Å². The lowest BCUT2D eigenvalue weighted by Gasteiger charge is -2.26. The van der Waals surface area contributed by atoms with E-state index in [2.05, 4.69) is 73.0 Å². The highest BCUT2D eigenvalue weighted by atomic mass is 35.5. The Morgan fingerprint density at radius 2 is 1.75 bits per heavy atom. The Bertz CT molecular complexity index is 1590. The van der Waals surface area contributed by atoms with Crippen LogP contribution < -0.4 is 4.74 Å². The fraction of sp³-hybridized carbons (Fsp3) is 0.241. The average molecular weight is 521 g/mol. The van der Waals surface area contributed by atoms with E-state index in [9.17, 15) is 8.42 Å². The van der Waals surface area contributed by atoms with E-state index in [0.29, 0.717) is 25.3 Å². The maximum Gasteiger partial charge on any atom is 0.243 e. The number of benzene rings is 3. The first-order chi connectivity index (χ1) is 17.3. The molecule has 5 rings (SSSR count). The summed E-state index contributed by atoms with van der Waals surface area (Å²) in [6, 6.07) is 21.5. The number of rotatable bonds is 6. The molecule has 0 atom stereocenters. The molecule has 0 bridgehead atoms. The van der Waals surface area contributed by atoms with Gasteiger partial charge in [0.2, 0.25) is 10.0 Å². The predicted molar refractivity (Wildman–Crippen MR) is 146 cm³/mol. The lowest BCUT2D eigenvalue weighted by atomic mass is 9.97. The number of halogens is 1. The molecule has 1 aromatic heterocycles. The third-order valence-corrected chi connectivity index (χ3v) is 9.23. The Morgan fingerprint density at radius 1 is 1.00 bits per heavy atom. The van der Waals surface area contributed by atoms with Gasteiger partial charge in [-0.05, 0) is 61.2 Å². The second kappa shape index (κ2) is 9.77. The van der Waals surface area contributed by atoms with E-state index in [1.165, 1.54) is 56.3 Å². The first kappa shape index (κ1) is 24.6. The first-order valence-corrected chi connectivity index (χ1v) is 13.8. The number of ether oxygens (including phenoxy) is 1. The Hall–Kier alpha value is -3.06. The van der Waals surface area contributed by atoms with Gasteiger partial charge in [0.05, 0.1) is 17.0 Å². The molecule has 186 valence electrons. The van der Waals surface area contributed by atoms with Crippen molar-refractivity contribution in [3.63, 3.8) is 0 Å². The summed E-state index contributed by atoms with van der Waals surface area (Å²) in [7, 11) is -2.16. The third kappa shape index (κ3) is 4.34. The molecule has 0 saturated heterocycles. The minimum Gasteiger partial charge on any atom is -0.495 e. The number of aromatic nitrogens is 1. The van der Waals surface area contributed by atoms with Gasteiger partial charge in [0.1, 0.15) is 5.75 Å². The van der Waals surface area contributed by atoms with Crippen molar-refractivity contribution in [2.75, 3.05) is 20.2 Å². The van der Waals surface area contributed by atoms with E-state index >= 15 is 0 Å². The Labute approximate surface area is 217 Å². The quantitative estimate of drug-likeness (QED) is 0.294. The number of fused-ring (bicyclic) bond motifs is 1. The third-order valence-electron chi connectivity index (χ3n) is 7.07. The number of hydrogen-bond acceptors (Lipinski definition) is 3. The molecule has 3 aromatic carbocycles. The Balaban J connectivity index is 1.48. The molecule has 5 nitrogen and oxygen atoms in total. The van der Waals surface area contributed by atoms with Crippen molar-refractivity contribution in [1.82, 2.24) is 8.87 Å². The Morgan fingerprint density at radius 3 is 2.44 bits per heavy atom. The van der Waals surface area contributed by atoms with E-state index in [1.807, 2.05) is 0 Å². The number of sulfonamides is 1. The van der Waals surface area contributed by atoms with Gasteiger partial charge >= 0.3 is 0 Å². The fourth-order valence-electron chi connectivity index (χ4n) is 5.05. The van der Waals surface area contributed by atoms with Gasteiger partial charge in [-0.3, -0.25) is 0 Å². The molecule has 36 heavy (non-hydrogen) atoms. The van der Waals surface area contributed by atoms with Crippen LogP contribution in [0.3, 0.4) is 0 Å². The minimum absolute atomic E-state index is 0.177. The highest BCUT2D eigenvalue weighted by Gasteiger charge is 2.28. The molecule has 0 saturated carbocycles. The summed E-state index contributed by atoms with van der Waals surface area (Å²) in [6.07, 6.45) is 2.70. The smallest absolute Gasteiger partial charge is 0.243 e. The summed E-state index contributed by atoms with van der Waals surface area (Å²) >= 11 is 6.20. The van der Waals surface area contributed by atoms with Gasteiger partial charge in [-0.25, -0.2) is 8.42 Å². The molecule has 0 N–H and O–H groups in total. The zero-order valence-corrected chi connectivity index (χ0v) is 22.2. The largest absolute Gasteiger partial charge is 0.495 e. The summed E-state index contributed by atoms with van der Waals surface area (Å²) in [5.41, 5.74) is 7.35. The average Bonchev–Trinajstić information content (AvgIpc) is 3.16. The standard InChI is InChI=1S/C29H29ClN2O3S/c1-20-8-4-5-9-23(20)19-32-21(2)29(25-10-6-7-11-27(25)32)22-14-16-31(17-15-22)36(33,34)24-12-13-28(35-3)26(30)18-24/h4-14,18H,15-17,19H2,1-3H3. The lowest BCUT2D eigenvalue weighted by Crippen LogP contribution is -2.34. The number of para-hydroxylation sites is 1. The van der Waals surface area contributed by atoms with Crippen LogP contribution in [-0.4, -0.2) is 37.5 Å². The van der Waals surface area contributed by atoms with Crippen molar-refractivity contribution < 1.29 is 13.2 Å². The summed E-state index contributed by atoms with van der Waals surface area (Å²) in [5.74, 6) is 0.453. The molecule has 0 radical (unpaired) electrons. The van der Waals surface area contributed by atoms with Gasteiger partial charge < -0.3 is 9.30 Å². The second-order valence-corrected chi connectivity index (χ2v) is 11.5. The van der Waals surface area contributed by atoms with Crippen molar-refractivity contribution in [1.29, 1.82) is 0 Å². The molecule has 0 fully saturated rings. The van der Waals surface area contributed by atoms with Gasteiger partial charge in [-0.2, -0.15) is 4.31 Å². The van der Waals surface area contributed by atoms with E-state index in [4.69, 9.17) is 16.3 Å². The van der Waals surface area contributed by atoms with Crippen molar-refractivity contribution in [2.45, 2.75) is 31.7 Å². The second-order valence-electron chi connectivity index (χ2n) is 9.13. The minimum atomic E-state index is -3.66. The molecule has 7 heteroatoms. The maximum atomic E-state index is 13.3. The predicted octanol–water partition coefficient (Wildman–Crippen LogP) is 6.45. The summed E-state index contributed by atoms with van der Waals surface area (Å²) in [4.78, 5) is 0.177. The van der Waals surface area contributed by atoms with Crippen molar-refractivity contribution in [3.8, 4) is 5.75 Å². The molecular weight excluding hydrogens is 492 g/mol. The SMILES string of the molecule is COc1ccc(S(=O)(=O)N2CC=C(c3c(C)n(Cc4ccccc4C)c4ccccc34)CC2)cc1Cl. The van der Waals surface area contributed by atoms with Crippen molar-refractivity contribution in [2.24, 2.45) is 0 Å². The van der Waals surface area contributed by atoms with Crippen molar-refractivity contribution >= 4 is 38.1 Å². The molecule has 1 aliphatic rings. The molecule has 1 aliphatic heterocycles. The van der Waals surface area contributed by atoms with E-state index in [-0.39, 0.29) is 9.92 Å². The number of hydrogen-bond donors (Lipinski definition) is 0. The van der Waals surface area contributed by atoms with Crippen LogP contribution in [0.4, 0.5) is 0 Å². The zero-order chi connectivity index (χ0) is 25.4. The molecule has 0 unspecified atom stereocenters. The van der Waals surface area contributed by atoms with E-state index in [0.717, 1.165) is 6.54 Å². The van der Waals surface area contributed by atoms with Crippen LogP contribution in [-0.2, 0) is 16.6 Å². The molecular formula is C29H29ClN2O3S. The monoisotopic (exact) mass is 520 g/mol. The zero-order valence-electron chi connectivity index (χ0n) is 20.7. The molecule has 4 aromatic rings. The summed E-state index contributed by atoms with van der Waals surface area (Å²) < 4.78 is 35.6. The summed E-state index contributed by atoms with van der Waals surface area (Å²) in [6.45, 7) is 5.83. The topological polar surface area (TPSA) is 51.5 Å². The molecule has 2 heterocycles. The number of nitrogens with zero attached hydrogens (tertiary/aromatic N) is 2. The van der Waals surface area contributed by atoms with Crippen LogP contribution >= 0.6 is 11.6 Å². The lowest BCUT2D eigenvalue weighted by molar-refractivity contribution is 0.414. The van der Waals surface area contributed by atoms with Gasteiger partial charge in [-0.1, -0.05) is 60.1 Å². The van der Waals surface area contributed by atoms with Crippen LogP contribution in [0.1, 0.15) is 28.8 Å². The van der Waals surface area contributed by atoms with E-state index in [1.54, 1.807) is 12.1 Å². The van der Waals surface area contributed by atoms with Gasteiger partial charge in [0.25, 0.3) is 0 Å². The molecule has 0 amide bonds. The van der Waals surface area contributed by atoms with Crippen LogP contribution in [0, 0.1) is 13.8 Å². The number of methoxy groups -OCH3 is 1. The van der Waals surface area contributed by atoms with Crippen LogP contribution in [0.5, 0.6) is 5.75 Å².